The second-order valence-corrected chi connectivity index (χ2v) is 8.86. The highest BCUT2D eigenvalue weighted by molar-refractivity contribution is 8.06. The van der Waals surface area contributed by atoms with E-state index in [0.29, 0.717) is 17.5 Å². The van der Waals surface area contributed by atoms with Crippen LogP contribution in [0.4, 0.5) is 4.79 Å². The maximum Gasteiger partial charge on any atom is 0.327 e. The van der Waals surface area contributed by atoms with Gasteiger partial charge in [-0.15, -0.1) is 11.8 Å². The van der Waals surface area contributed by atoms with E-state index < -0.39 is 12.0 Å². The van der Waals surface area contributed by atoms with E-state index in [4.69, 9.17) is 0 Å². The predicted octanol–water partition coefficient (Wildman–Crippen LogP) is 2.17. The van der Waals surface area contributed by atoms with Crippen molar-refractivity contribution >= 4 is 47.3 Å². The van der Waals surface area contributed by atoms with Crippen molar-refractivity contribution in [2.24, 2.45) is 0 Å². The van der Waals surface area contributed by atoms with Gasteiger partial charge in [0.2, 0.25) is 0 Å². The molecule has 3 atom stereocenters. The third kappa shape index (κ3) is 4.63. The number of carbonyl (C=O) groups excluding carboxylic acids is 1. The van der Waals surface area contributed by atoms with Gasteiger partial charge >= 0.3 is 12.0 Å². The summed E-state index contributed by atoms with van der Waals surface area (Å²) < 4.78 is 0. The van der Waals surface area contributed by atoms with Crippen LogP contribution in [0.3, 0.4) is 0 Å². The smallest absolute Gasteiger partial charge is 0.327 e. The number of amides is 2. The molecule has 2 aliphatic heterocycles. The zero-order valence-electron chi connectivity index (χ0n) is 12.1. The van der Waals surface area contributed by atoms with Crippen molar-refractivity contribution in [3.05, 3.63) is 0 Å². The molecule has 2 saturated heterocycles. The first-order chi connectivity index (χ1) is 10.1. The van der Waals surface area contributed by atoms with Gasteiger partial charge in [-0.2, -0.15) is 23.5 Å². The highest BCUT2D eigenvalue weighted by Crippen LogP contribution is 2.32. The highest BCUT2D eigenvalue weighted by Gasteiger charge is 2.41. The van der Waals surface area contributed by atoms with E-state index in [1.807, 2.05) is 23.5 Å². The fraction of sp³-hybridized carbons (Fsp3) is 0.846. The summed E-state index contributed by atoms with van der Waals surface area (Å²) >= 11 is 5.38. The Labute approximate surface area is 138 Å². The Balaban J connectivity index is 1.91. The summed E-state index contributed by atoms with van der Waals surface area (Å²) in [6, 6.07) is -0.915. The quantitative estimate of drug-likeness (QED) is 0.792. The van der Waals surface area contributed by atoms with Crippen LogP contribution < -0.4 is 5.32 Å². The van der Waals surface area contributed by atoms with Crippen molar-refractivity contribution in [2.75, 3.05) is 29.6 Å². The summed E-state index contributed by atoms with van der Waals surface area (Å²) in [4.78, 5) is 25.3. The lowest BCUT2D eigenvalue weighted by atomic mass is 10.2. The SMILES string of the molecule is CCCC1SCC(C(=O)O)N1C(=O)NCC1CSCCS1. The molecule has 0 radical (unpaired) electrons. The lowest BCUT2D eigenvalue weighted by Gasteiger charge is -2.29. The van der Waals surface area contributed by atoms with Crippen LogP contribution in [0.15, 0.2) is 0 Å². The molecule has 0 aliphatic carbocycles. The van der Waals surface area contributed by atoms with Gasteiger partial charge in [0.1, 0.15) is 6.04 Å². The number of nitrogens with one attached hydrogen (secondary N) is 1. The van der Waals surface area contributed by atoms with Gasteiger partial charge in [0.25, 0.3) is 0 Å². The number of hydrogen-bond acceptors (Lipinski definition) is 5. The van der Waals surface area contributed by atoms with Crippen LogP contribution in [0, 0.1) is 0 Å². The Kier molecular flexibility index (Phi) is 6.88. The van der Waals surface area contributed by atoms with Gasteiger partial charge in [-0.25, -0.2) is 9.59 Å². The van der Waals surface area contributed by atoms with E-state index in [1.165, 1.54) is 10.7 Å². The monoisotopic (exact) mass is 350 g/mol. The maximum atomic E-state index is 12.4. The van der Waals surface area contributed by atoms with Crippen LogP contribution in [0.1, 0.15) is 19.8 Å². The van der Waals surface area contributed by atoms with Gasteiger partial charge < -0.3 is 10.4 Å². The first-order valence-electron chi connectivity index (χ1n) is 7.23. The summed E-state index contributed by atoms with van der Waals surface area (Å²) in [5, 5.41) is 12.7. The molecule has 2 N–H and O–H groups in total. The second kappa shape index (κ2) is 8.43. The number of aliphatic carboxylic acids is 1. The van der Waals surface area contributed by atoms with Crippen molar-refractivity contribution in [3.8, 4) is 0 Å². The molecule has 3 unspecified atom stereocenters. The Morgan fingerprint density at radius 3 is 2.71 bits per heavy atom. The third-order valence-corrected chi connectivity index (χ3v) is 7.71. The second-order valence-electron chi connectivity index (χ2n) is 5.09. The molecule has 120 valence electrons. The molecule has 0 saturated carbocycles. The highest BCUT2D eigenvalue weighted by atomic mass is 32.2. The third-order valence-electron chi connectivity index (χ3n) is 3.51. The lowest BCUT2D eigenvalue weighted by molar-refractivity contribution is -0.141. The standard InChI is InChI=1S/C13H22N2O3S3/c1-2-3-11-15(10(8-21-11)12(16)17)13(18)14-6-9-7-19-4-5-20-9/h9-11H,2-8H2,1H3,(H,14,18)(H,16,17). The van der Waals surface area contributed by atoms with Gasteiger partial charge in [0, 0.05) is 34.8 Å². The summed E-state index contributed by atoms with van der Waals surface area (Å²) in [5.41, 5.74) is 0. The van der Waals surface area contributed by atoms with Gasteiger partial charge in [-0.3, -0.25) is 4.90 Å². The number of carbonyl (C=O) groups is 2. The summed E-state index contributed by atoms with van der Waals surface area (Å²) in [5.74, 6) is 2.94. The number of carboxylic acid groups (broad SMARTS) is 1. The van der Waals surface area contributed by atoms with E-state index in [2.05, 4.69) is 12.2 Å². The van der Waals surface area contributed by atoms with Crippen LogP contribution in [-0.4, -0.2) is 68.2 Å². The molecule has 2 aliphatic rings. The molecule has 0 aromatic carbocycles. The first-order valence-corrected chi connectivity index (χ1v) is 10.5. The van der Waals surface area contributed by atoms with E-state index in [9.17, 15) is 14.7 Å². The van der Waals surface area contributed by atoms with Gasteiger partial charge in [-0.05, 0) is 6.42 Å². The predicted molar refractivity (Wildman–Crippen MR) is 91.4 cm³/mol. The largest absolute Gasteiger partial charge is 0.480 e. The minimum absolute atomic E-state index is 0.00974. The lowest BCUT2D eigenvalue weighted by Crippen LogP contribution is -2.51. The Morgan fingerprint density at radius 2 is 2.10 bits per heavy atom. The van der Waals surface area contributed by atoms with Crippen LogP contribution in [-0.2, 0) is 4.79 Å². The Hall–Kier alpha value is -0.210. The van der Waals surface area contributed by atoms with Crippen LogP contribution in [0.2, 0.25) is 0 Å². The van der Waals surface area contributed by atoms with Crippen molar-refractivity contribution in [2.45, 2.75) is 36.4 Å². The molecule has 0 bridgehead atoms. The Morgan fingerprint density at radius 1 is 1.29 bits per heavy atom. The normalized spacial score (nSPS) is 29.4. The van der Waals surface area contributed by atoms with Crippen molar-refractivity contribution in [3.63, 3.8) is 0 Å². The van der Waals surface area contributed by atoms with Crippen molar-refractivity contribution < 1.29 is 14.7 Å². The topological polar surface area (TPSA) is 69.6 Å². The fourth-order valence-electron chi connectivity index (χ4n) is 2.44. The van der Waals surface area contributed by atoms with Crippen molar-refractivity contribution in [1.29, 1.82) is 0 Å². The maximum absolute atomic E-state index is 12.4. The van der Waals surface area contributed by atoms with Gasteiger partial charge in [-0.1, -0.05) is 13.3 Å². The Bertz CT molecular complexity index is 378. The van der Waals surface area contributed by atoms with E-state index in [-0.39, 0.29) is 11.4 Å². The minimum Gasteiger partial charge on any atom is -0.480 e. The average Bonchev–Trinajstić information content (AvgIpc) is 2.90. The number of urea groups is 1. The molecule has 2 rings (SSSR count). The minimum atomic E-state index is -0.904. The summed E-state index contributed by atoms with van der Waals surface area (Å²) in [6.45, 7) is 2.68. The van der Waals surface area contributed by atoms with Gasteiger partial charge in [0.15, 0.2) is 0 Å². The van der Waals surface area contributed by atoms with E-state index in [1.54, 1.807) is 11.8 Å². The van der Waals surface area contributed by atoms with Gasteiger partial charge in [0.05, 0.1) is 5.37 Å². The molecule has 0 aromatic heterocycles. The van der Waals surface area contributed by atoms with Crippen LogP contribution in [0.5, 0.6) is 0 Å². The van der Waals surface area contributed by atoms with Crippen LogP contribution >= 0.6 is 35.3 Å². The molecule has 0 spiro atoms. The molecular formula is C13H22N2O3S3. The number of thioether (sulfide) groups is 3. The van der Waals surface area contributed by atoms with Crippen molar-refractivity contribution in [1.82, 2.24) is 10.2 Å². The summed E-state index contributed by atoms with van der Waals surface area (Å²) in [6.07, 6.45) is 1.79. The number of carboxylic acids is 1. The molecule has 2 heterocycles. The molecule has 5 nitrogen and oxygen atoms in total. The molecule has 8 heteroatoms. The van der Waals surface area contributed by atoms with E-state index in [0.717, 1.165) is 24.3 Å². The van der Waals surface area contributed by atoms with E-state index >= 15 is 0 Å². The number of hydrogen-bond donors (Lipinski definition) is 2. The average molecular weight is 351 g/mol. The molecule has 2 amide bonds. The fourth-order valence-corrected chi connectivity index (χ4v) is 6.57. The van der Waals surface area contributed by atoms with Crippen LogP contribution in [0.25, 0.3) is 0 Å². The number of rotatable bonds is 5. The summed E-state index contributed by atoms with van der Waals surface area (Å²) in [7, 11) is 0. The zero-order valence-corrected chi connectivity index (χ0v) is 14.6. The molecule has 2 fully saturated rings. The molecule has 21 heavy (non-hydrogen) atoms. The molecular weight excluding hydrogens is 328 g/mol. The molecule has 0 aromatic rings. The first kappa shape index (κ1) is 17.1. The zero-order chi connectivity index (χ0) is 15.2. The number of nitrogens with zero attached hydrogens (tertiary/aromatic N) is 1.